The molecule has 1 aromatic carbocycles. The first kappa shape index (κ1) is 17.2. The van der Waals surface area contributed by atoms with Crippen LogP contribution in [0.5, 0.6) is 0 Å². The molecule has 2 fully saturated rings. The number of anilines is 1. The average Bonchev–Trinajstić information content (AvgIpc) is 2.66. The molecule has 0 bridgehead atoms. The number of amides is 2. The largest absolute Gasteiger partial charge is 0.274 e. The summed E-state index contributed by atoms with van der Waals surface area (Å²) in [6, 6.07) is 7.85. The summed E-state index contributed by atoms with van der Waals surface area (Å²) < 4.78 is 0. The Morgan fingerprint density at radius 1 is 1.12 bits per heavy atom. The lowest BCUT2D eigenvalue weighted by Gasteiger charge is -2.55. The van der Waals surface area contributed by atoms with Crippen LogP contribution in [0.4, 0.5) is 5.69 Å². The van der Waals surface area contributed by atoms with Crippen LogP contribution < -0.4 is 4.90 Å². The second-order valence-corrected chi connectivity index (χ2v) is 8.84. The summed E-state index contributed by atoms with van der Waals surface area (Å²) in [5, 5.41) is 0. The SMILES string of the molecule is CCC1(CC)C[C@]2(C)C(=O)N(c3ccccc3C(C)(C)C)C(=O)[C@H]12. The van der Waals surface area contributed by atoms with Gasteiger partial charge in [-0.3, -0.25) is 9.59 Å². The quantitative estimate of drug-likeness (QED) is 0.755. The van der Waals surface area contributed by atoms with E-state index in [1.807, 2.05) is 31.2 Å². The van der Waals surface area contributed by atoms with Crippen molar-refractivity contribution in [3.8, 4) is 0 Å². The van der Waals surface area contributed by atoms with Gasteiger partial charge in [0.05, 0.1) is 17.0 Å². The van der Waals surface area contributed by atoms with Gasteiger partial charge < -0.3 is 0 Å². The molecule has 1 aliphatic carbocycles. The topological polar surface area (TPSA) is 37.4 Å². The minimum atomic E-state index is -0.520. The predicted molar refractivity (Wildman–Crippen MR) is 96.9 cm³/mol. The van der Waals surface area contributed by atoms with Gasteiger partial charge in [-0.05, 0) is 48.6 Å². The van der Waals surface area contributed by atoms with E-state index >= 15 is 0 Å². The standard InChI is InChI=1S/C21H29NO2/c1-7-21(8-2)13-20(6)16(21)17(23)22(18(20)24)15-12-10-9-11-14(15)19(3,4)5/h9-12,16H,7-8,13H2,1-6H3/t16-,20-/m0/s1. The molecule has 24 heavy (non-hydrogen) atoms. The van der Waals surface area contributed by atoms with E-state index in [4.69, 9.17) is 0 Å². The zero-order valence-corrected chi connectivity index (χ0v) is 15.8. The highest BCUT2D eigenvalue weighted by Gasteiger charge is 2.72. The Labute approximate surface area is 145 Å². The van der Waals surface area contributed by atoms with E-state index in [1.54, 1.807) is 0 Å². The highest BCUT2D eigenvalue weighted by atomic mass is 16.2. The monoisotopic (exact) mass is 327 g/mol. The average molecular weight is 327 g/mol. The second kappa shape index (κ2) is 5.18. The lowest BCUT2D eigenvalue weighted by atomic mass is 9.45. The molecule has 3 nitrogen and oxygen atoms in total. The lowest BCUT2D eigenvalue weighted by Crippen LogP contribution is -2.56. The maximum absolute atomic E-state index is 13.3. The van der Waals surface area contributed by atoms with Crippen molar-refractivity contribution in [3.05, 3.63) is 29.8 Å². The molecule has 2 atom stereocenters. The first-order chi connectivity index (χ1) is 11.1. The first-order valence-corrected chi connectivity index (χ1v) is 9.10. The third-order valence-corrected chi connectivity index (χ3v) is 6.49. The molecule has 130 valence electrons. The summed E-state index contributed by atoms with van der Waals surface area (Å²) in [4.78, 5) is 28.0. The zero-order chi connectivity index (χ0) is 17.9. The first-order valence-electron chi connectivity index (χ1n) is 9.10. The summed E-state index contributed by atoms with van der Waals surface area (Å²) in [6.07, 6.45) is 2.74. The number of rotatable bonds is 3. The van der Waals surface area contributed by atoms with Crippen molar-refractivity contribution >= 4 is 17.5 Å². The number of benzene rings is 1. The van der Waals surface area contributed by atoms with E-state index in [-0.39, 0.29) is 28.6 Å². The number of hydrogen-bond donors (Lipinski definition) is 0. The Bertz CT molecular complexity index is 696. The van der Waals surface area contributed by atoms with Crippen LogP contribution in [0.3, 0.4) is 0 Å². The molecule has 2 amide bonds. The summed E-state index contributed by atoms with van der Waals surface area (Å²) in [5.74, 6) is -0.165. The molecule has 1 aliphatic heterocycles. The third kappa shape index (κ3) is 2.03. The third-order valence-electron chi connectivity index (χ3n) is 6.49. The molecule has 0 aromatic heterocycles. The number of imide groups is 1. The van der Waals surface area contributed by atoms with E-state index in [0.29, 0.717) is 0 Å². The number of hydrogen-bond acceptors (Lipinski definition) is 2. The zero-order valence-electron chi connectivity index (χ0n) is 15.8. The van der Waals surface area contributed by atoms with Gasteiger partial charge in [-0.2, -0.15) is 0 Å². The van der Waals surface area contributed by atoms with Gasteiger partial charge in [0.2, 0.25) is 11.8 Å². The molecule has 1 aromatic rings. The maximum Gasteiger partial charge on any atom is 0.240 e. The van der Waals surface area contributed by atoms with Gasteiger partial charge in [0.25, 0.3) is 0 Å². The summed E-state index contributed by atoms with van der Waals surface area (Å²) in [6.45, 7) is 12.6. The Morgan fingerprint density at radius 2 is 1.71 bits per heavy atom. The van der Waals surface area contributed by atoms with E-state index < -0.39 is 5.41 Å². The van der Waals surface area contributed by atoms with Crippen LogP contribution in [0.1, 0.15) is 66.4 Å². The number of carbonyl (C=O) groups is 2. The van der Waals surface area contributed by atoms with Gasteiger partial charge >= 0.3 is 0 Å². The normalized spacial score (nSPS) is 28.8. The van der Waals surface area contributed by atoms with E-state index in [9.17, 15) is 9.59 Å². The fraction of sp³-hybridized carbons (Fsp3) is 0.619. The van der Waals surface area contributed by atoms with Gasteiger partial charge in [-0.25, -0.2) is 4.90 Å². The lowest BCUT2D eigenvalue weighted by molar-refractivity contribution is -0.157. The van der Waals surface area contributed by atoms with Crippen molar-refractivity contribution in [2.75, 3.05) is 4.90 Å². The summed E-state index contributed by atoms with van der Waals surface area (Å²) in [7, 11) is 0. The molecule has 2 aliphatic rings. The smallest absolute Gasteiger partial charge is 0.240 e. The Morgan fingerprint density at radius 3 is 2.25 bits per heavy atom. The van der Waals surface area contributed by atoms with Crippen molar-refractivity contribution in [1.82, 2.24) is 0 Å². The van der Waals surface area contributed by atoms with Crippen LogP contribution in [0.2, 0.25) is 0 Å². The van der Waals surface area contributed by atoms with Crippen molar-refractivity contribution in [2.24, 2.45) is 16.7 Å². The van der Waals surface area contributed by atoms with Crippen LogP contribution >= 0.6 is 0 Å². The molecule has 1 heterocycles. The molecule has 3 heteroatoms. The van der Waals surface area contributed by atoms with E-state index in [2.05, 4.69) is 34.6 Å². The van der Waals surface area contributed by atoms with E-state index in [1.165, 1.54) is 4.90 Å². The fourth-order valence-corrected chi connectivity index (χ4v) is 5.14. The molecule has 0 radical (unpaired) electrons. The van der Waals surface area contributed by atoms with Crippen LogP contribution in [-0.2, 0) is 15.0 Å². The molecule has 1 saturated heterocycles. The Kier molecular flexibility index (Phi) is 3.71. The molecule has 0 unspecified atom stereocenters. The van der Waals surface area contributed by atoms with Gasteiger partial charge in [0.1, 0.15) is 0 Å². The summed E-state index contributed by atoms with van der Waals surface area (Å²) >= 11 is 0. The van der Waals surface area contributed by atoms with Crippen molar-refractivity contribution < 1.29 is 9.59 Å². The van der Waals surface area contributed by atoms with Crippen LogP contribution in [-0.4, -0.2) is 11.8 Å². The fourth-order valence-electron chi connectivity index (χ4n) is 5.14. The predicted octanol–water partition coefficient (Wildman–Crippen LogP) is 4.69. The van der Waals surface area contributed by atoms with Gasteiger partial charge in [-0.1, -0.05) is 52.8 Å². The maximum atomic E-state index is 13.3. The van der Waals surface area contributed by atoms with Gasteiger partial charge in [0.15, 0.2) is 0 Å². The van der Waals surface area contributed by atoms with Crippen molar-refractivity contribution in [2.45, 2.75) is 66.2 Å². The molecule has 3 rings (SSSR count). The van der Waals surface area contributed by atoms with Crippen LogP contribution in [0, 0.1) is 16.7 Å². The molecule has 0 spiro atoms. The van der Waals surface area contributed by atoms with Gasteiger partial charge in [0, 0.05) is 0 Å². The van der Waals surface area contributed by atoms with Crippen LogP contribution in [0.25, 0.3) is 0 Å². The Balaban J connectivity index is 2.10. The second-order valence-electron chi connectivity index (χ2n) is 8.84. The highest BCUT2D eigenvalue weighted by molar-refractivity contribution is 6.25. The highest BCUT2D eigenvalue weighted by Crippen LogP contribution is 2.67. The Hall–Kier alpha value is -1.64. The van der Waals surface area contributed by atoms with Crippen molar-refractivity contribution in [3.63, 3.8) is 0 Å². The molecule has 1 saturated carbocycles. The van der Waals surface area contributed by atoms with Crippen molar-refractivity contribution in [1.29, 1.82) is 0 Å². The van der Waals surface area contributed by atoms with Crippen LogP contribution in [0.15, 0.2) is 24.3 Å². The summed E-state index contributed by atoms with van der Waals surface area (Å²) in [5.41, 5.74) is 1.18. The minimum absolute atomic E-state index is 0.00702. The minimum Gasteiger partial charge on any atom is -0.274 e. The van der Waals surface area contributed by atoms with E-state index in [0.717, 1.165) is 30.5 Å². The number of para-hydroxylation sites is 1. The molecular weight excluding hydrogens is 298 g/mol. The number of fused-ring (bicyclic) bond motifs is 1. The molecular formula is C21H29NO2. The van der Waals surface area contributed by atoms with Gasteiger partial charge in [-0.15, -0.1) is 0 Å². The molecule has 0 N–H and O–H groups in total. The number of nitrogens with zero attached hydrogens (tertiary/aromatic N) is 1. The number of carbonyl (C=O) groups excluding carboxylic acids is 2.